The Morgan fingerprint density at radius 2 is 1.75 bits per heavy atom. The van der Waals surface area contributed by atoms with Gasteiger partial charge in [-0.2, -0.15) is 0 Å². The van der Waals surface area contributed by atoms with E-state index in [2.05, 4.69) is 22.9 Å². The van der Waals surface area contributed by atoms with Crippen molar-refractivity contribution in [3.05, 3.63) is 58.7 Å². The Morgan fingerprint density at radius 3 is 2.44 bits per heavy atom. The summed E-state index contributed by atoms with van der Waals surface area (Å²) in [7, 11) is -3.78. The lowest BCUT2D eigenvalue weighted by Crippen LogP contribution is -2.30. The van der Waals surface area contributed by atoms with E-state index in [1.54, 1.807) is 18.2 Å². The smallest absolute Gasteiger partial charge is 0.255 e. The molecule has 0 bridgehead atoms. The highest BCUT2D eigenvalue weighted by atomic mass is 32.2. The van der Waals surface area contributed by atoms with Crippen molar-refractivity contribution in [1.82, 2.24) is 9.62 Å². The molecule has 1 aliphatic carbocycles. The number of benzene rings is 2. The number of nitrogens with zero attached hydrogens (tertiary/aromatic N) is 1. The Kier molecular flexibility index (Phi) is 7.27. The van der Waals surface area contributed by atoms with Crippen LogP contribution in [0.1, 0.15) is 72.1 Å². The highest BCUT2D eigenvalue weighted by Gasteiger charge is 2.26. The molecule has 0 unspecified atom stereocenters. The fourth-order valence-corrected chi connectivity index (χ4v) is 6.63. The molecule has 0 spiro atoms. The Balaban J connectivity index is 1.61. The van der Waals surface area contributed by atoms with Crippen LogP contribution in [-0.4, -0.2) is 38.6 Å². The number of carbonyl (C=O) groups excluding carboxylic acids is 1. The second kappa shape index (κ2) is 9.98. The zero-order valence-electron chi connectivity index (χ0n) is 18.9. The number of sulfonamides is 1. The number of carbonyl (C=O) groups is 1. The molecule has 4 rings (SSSR count). The topological polar surface area (TPSA) is 66.5 Å². The molecular formula is C25H32N2O3S2. The van der Waals surface area contributed by atoms with E-state index in [1.165, 1.54) is 35.7 Å². The van der Waals surface area contributed by atoms with E-state index in [0.717, 1.165) is 49.2 Å². The van der Waals surface area contributed by atoms with Crippen LogP contribution in [0.2, 0.25) is 0 Å². The second-order valence-electron chi connectivity index (χ2n) is 8.68. The van der Waals surface area contributed by atoms with Crippen LogP contribution in [0.15, 0.2) is 46.2 Å². The molecule has 1 saturated heterocycles. The molecule has 1 heterocycles. The maximum atomic E-state index is 13.3. The van der Waals surface area contributed by atoms with Crippen molar-refractivity contribution in [2.24, 2.45) is 0 Å². The van der Waals surface area contributed by atoms with E-state index in [0.29, 0.717) is 12.0 Å². The first kappa shape index (κ1) is 23.3. The van der Waals surface area contributed by atoms with Crippen molar-refractivity contribution in [2.75, 3.05) is 19.3 Å². The van der Waals surface area contributed by atoms with Crippen LogP contribution in [0.5, 0.6) is 0 Å². The lowest BCUT2D eigenvalue weighted by atomic mass is 9.89. The molecule has 7 heteroatoms. The molecule has 1 amide bonds. The summed E-state index contributed by atoms with van der Waals surface area (Å²) in [4.78, 5) is 15.8. The summed E-state index contributed by atoms with van der Waals surface area (Å²) in [5.74, 6) is -0.0781. The van der Waals surface area contributed by atoms with Gasteiger partial charge in [0.1, 0.15) is 0 Å². The predicted molar refractivity (Wildman–Crippen MR) is 130 cm³/mol. The molecule has 32 heavy (non-hydrogen) atoms. The Hall–Kier alpha value is -1.83. The minimum Gasteiger partial charge on any atom is -0.339 e. The van der Waals surface area contributed by atoms with Crippen LogP contribution in [0.25, 0.3) is 0 Å². The van der Waals surface area contributed by atoms with E-state index >= 15 is 0 Å². The number of nitrogens with one attached hydrogen (secondary N) is 1. The number of thioether (sulfide) groups is 1. The molecule has 1 aliphatic heterocycles. The van der Waals surface area contributed by atoms with Gasteiger partial charge in [0.25, 0.3) is 5.91 Å². The summed E-state index contributed by atoms with van der Waals surface area (Å²) in [5.41, 5.74) is 4.21. The fraction of sp³-hybridized carbons (Fsp3) is 0.480. The van der Waals surface area contributed by atoms with Crippen molar-refractivity contribution in [2.45, 2.75) is 67.7 Å². The van der Waals surface area contributed by atoms with E-state index in [-0.39, 0.29) is 16.8 Å². The quantitative estimate of drug-likeness (QED) is 0.579. The first-order chi connectivity index (χ1) is 15.4. The molecule has 0 radical (unpaired) electrons. The number of hydrogen-bond donors (Lipinski definition) is 1. The summed E-state index contributed by atoms with van der Waals surface area (Å²) in [6.45, 7) is 3.46. The predicted octanol–water partition coefficient (Wildman–Crippen LogP) is 4.95. The largest absolute Gasteiger partial charge is 0.339 e. The number of rotatable bonds is 7. The van der Waals surface area contributed by atoms with Gasteiger partial charge in [-0.3, -0.25) is 4.79 Å². The van der Waals surface area contributed by atoms with Crippen molar-refractivity contribution >= 4 is 27.7 Å². The number of fused-ring (bicyclic) bond motifs is 1. The molecule has 2 aliphatic rings. The third kappa shape index (κ3) is 4.90. The standard InChI is InChI=1S/C25H32N2O3S2/c1-3-23(20-11-10-18-8-4-5-9-19(18)16-20)26-32(29,30)21-12-13-24(31-2)22(17-21)25(28)27-14-6-7-15-27/h10-13,16-17,23,26H,3-9,14-15H2,1-2H3/t23-/m1/s1. The summed E-state index contributed by atoms with van der Waals surface area (Å²) in [6, 6.07) is 11.0. The van der Waals surface area contributed by atoms with E-state index in [4.69, 9.17) is 0 Å². The summed E-state index contributed by atoms with van der Waals surface area (Å²) < 4.78 is 29.5. The first-order valence-electron chi connectivity index (χ1n) is 11.5. The maximum absolute atomic E-state index is 13.3. The highest BCUT2D eigenvalue weighted by molar-refractivity contribution is 7.98. The zero-order chi connectivity index (χ0) is 22.7. The molecule has 0 aromatic heterocycles. The van der Waals surface area contributed by atoms with E-state index < -0.39 is 10.0 Å². The average molecular weight is 473 g/mol. The molecule has 0 saturated carbocycles. The molecule has 5 nitrogen and oxygen atoms in total. The van der Waals surface area contributed by atoms with E-state index in [9.17, 15) is 13.2 Å². The second-order valence-corrected chi connectivity index (χ2v) is 11.2. The molecule has 172 valence electrons. The van der Waals surface area contributed by atoms with Gasteiger partial charge in [-0.25, -0.2) is 13.1 Å². The van der Waals surface area contributed by atoms with Crippen LogP contribution in [0, 0.1) is 0 Å². The monoisotopic (exact) mass is 472 g/mol. The molecule has 2 aromatic carbocycles. The Labute approximate surface area is 196 Å². The minimum absolute atomic E-state index is 0.0781. The van der Waals surface area contributed by atoms with Crippen LogP contribution >= 0.6 is 11.8 Å². The van der Waals surface area contributed by atoms with Gasteiger partial charge in [0.2, 0.25) is 10.0 Å². The summed E-state index contributed by atoms with van der Waals surface area (Å²) in [5, 5.41) is 0. The SMILES string of the molecule is CC[C@@H](NS(=O)(=O)c1ccc(SC)c(C(=O)N2CCCC2)c1)c1ccc2c(c1)CCCC2. The van der Waals surface area contributed by atoms with Crippen LogP contribution in [0.3, 0.4) is 0 Å². The van der Waals surface area contributed by atoms with Gasteiger partial charge in [0, 0.05) is 24.0 Å². The van der Waals surface area contributed by atoms with Gasteiger partial charge in [-0.15, -0.1) is 11.8 Å². The molecule has 2 aromatic rings. The lowest BCUT2D eigenvalue weighted by molar-refractivity contribution is 0.0789. The van der Waals surface area contributed by atoms with Gasteiger partial charge in [-0.1, -0.05) is 25.1 Å². The normalized spacial score (nSPS) is 17.2. The third-order valence-electron chi connectivity index (χ3n) is 6.59. The van der Waals surface area contributed by atoms with Crippen LogP contribution in [0.4, 0.5) is 0 Å². The van der Waals surface area contributed by atoms with Gasteiger partial charge >= 0.3 is 0 Å². The average Bonchev–Trinajstić information content (AvgIpc) is 3.36. The molecule has 1 atom stereocenters. The Morgan fingerprint density at radius 1 is 1.03 bits per heavy atom. The highest BCUT2D eigenvalue weighted by Crippen LogP contribution is 2.29. The summed E-state index contributed by atoms with van der Waals surface area (Å²) in [6.07, 6.45) is 9.14. The number of amides is 1. The lowest BCUT2D eigenvalue weighted by Gasteiger charge is -2.22. The van der Waals surface area contributed by atoms with E-state index in [1.807, 2.05) is 18.1 Å². The molecular weight excluding hydrogens is 440 g/mol. The minimum atomic E-state index is -3.78. The van der Waals surface area contributed by atoms with Gasteiger partial charge in [0.15, 0.2) is 0 Å². The first-order valence-corrected chi connectivity index (χ1v) is 14.2. The molecule has 1 fully saturated rings. The maximum Gasteiger partial charge on any atom is 0.255 e. The van der Waals surface area contributed by atoms with Crippen LogP contribution < -0.4 is 4.72 Å². The number of aryl methyl sites for hydroxylation is 2. The van der Waals surface area contributed by atoms with Crippen LogP contribution in [-0.2, 0) is 22.9 Å². The third-order valence-corrected chi connectivity index (χ3v) is 8.85. The fourth-order valence-electron chi connectivity index (χ4n) is 4.72. The van der Waals surface area contributed by atoms with Crippen molar-refractivity contribution in [1.29, 1.82) is 0 Å². The van der Waals surface area contributed by atoms with Crippen molar-refractivity contribution in [3.63, 3.8) is 0 Å². The Bertz CT molecular complexity index is 1090. The molecule has 1 N–H and O–H groups in total. The number of hydrogen-bond acceptors (Lipinski definition) is 4. The zero-order valence-corrected chi connectivity index (χ0v) is 20.5. The van der Waals surface area contributed by atoms with Gasteiger partial charge < -0.3 is 4.90 Å². The van der Waals surface area contributed by atoms with Crippen molar-refractivity contribution in [3.8, 4) is 0 Å². The van der Waals surface area contributed by atoms with Gasteiger partial charge in [0.05, 0.1) is 10.5 Å². The number of likely N-dealkylation sites (tertiary alicyclic amines) is 1. The van der Waals surface area contributed by atoms with Crippen molar-refractivity contribution < 1.29 is 13.2 Å². The van der Waals surface area contributed by atoms with Gasteiger partial charge in [-0.05, 0) is 86.1 Å². The summed E-state index contributed by atoms with van der Waals surface area (Å²) >= 11 is 1.47.